The molecule has 0 spiro atoms. The lowest BCUT2D eigenvalue weighted by Gasteiger charge is -2.30. The summed E-state index contributed by atoms with van der Waals surface area (Å²) in [6.07, 6.45) is 2.95. The van der Waals surface area contributed by atoms with E-state index in [-0.39, 0.29) is 11.5 Å². The van der Waals surface area contributed by atoms with Gasteiger partial charge >= 0.3 is 5.37 Å². The van der Waals surface area contributed by atoms with Crippen LogP contribution in [0.15, 0.2) is 0 Å². The molecule has 5 heteroatoms. The first-order chi connectivity index (χ1) is 7.24. The first-order valence-corrected chi connectivity index (χ1v) is 5.66. The highest BCUT2D eigenvalue weighted by Gasteiger charge is 2.21. The third-order valence-electron chi connectivity index (χ3n) is 2.54. The standard InChI is InChI=1S/C10H18ClNO3/c1-14-7-2-8-15-9-3-5-12(6-4-9)10(11)13/h9H,2-8H2,1H3. The summed E-state index contributed by atoms with van der Waals surface area (Å²) in [4.78, 5) is 12.5. The van der Waals surface area contributed by atoms with E-state index in [4.69, 9.17) is 21.1 Å². The van der Waals surface area contributed by atoms with Crippen molar-refractivity contribution < 1.29 is 14.3 Å². The molecule has 0 bridgehead atoms. The molecule has 15 heavy (non-hydrogen) atoms. The van der Waals surface area contributed by atoms with Crippen molar-refractivity contribution in [1.29, 1.82) is 0 Å². The summed E-state index contributed by atoms with van der Waals surface area (Å²) in [5.74, 6) is 0. The lowest BCUT2D eigenvalue weighted by atomic mass is 10.1. The van der Waals surface area contributed by atoms with Crippen LogP contribution in [0.1, 0.15) is 19.3 Å². The first kappa shape index (κ1) is 12.7. The number of ether oxygens (including phenoxy) is 2. The van der Waals surface area contributed by atoms with Crippen LogP contribution < -0.4 is 0 Å². The Labute approximate surface area is 95.5 Å². The predicted molar refractivity (Wildman–Crippen MR) is 58.3 cm³/mol. The van der Waals surface area contributed by atoms with E-state index in [0.29, 0.717) is 13.1 Å². The Hall–Kier alpha value is -0.320. The van der Waals surface area contributed by atoms with Gasteiger partial charge in [-0.25, -0.2) is 0 Å². The van der Waals surface area contributed by atoms with E-state index in [0.717, 1.165) is 32.5 Å². The molecule has 1 rings (SSSR count). The Morgan fingerprint density at radius 2 is 2.07 bits per heavy atom. The normalized spacial score (nSPS) is 18.1. The number of halogens is 1. The highest BCUT2D eigenvalue weighted by molar-refractivity contribution is 6.62. The lowest BCUT2D eigenvalue weighted by Crippen LogP contribution is -2.38. The summed E-state index contributed by atoms with van der Waals surface area (Å²) in [5.41, 5.74) is 0. The minimum Gasteiger partial charge on any atom is -0.385 e. The summed E-state index contributed by atoms with van der Waals surface area (Å²) < 4.78 is 10.6. The number of amides is 1. The minimum absolute atomic E-state index is 0.272. The number of hydrogen-bond donors (Lipinski definition) is 0. The molecular weight excluding hydrogens is 218 g/mol. The number of piperidine rings is 1. The predicted octanol–water partition coefficient (Wildman–Crippen LogP) is 1.86. The molecular formula is C10H18ClNO3. The molecule has 0 unspecified atom stereocenters. The molecule has 1 aliphatic heterocycles. The fourth-order valence-corrected chi connectivity index (χ4v) is 1.82. The van der Waals surface area contributed by atoms with E-state index in [9.17, 15) is 4.79 Å². The summed E-state index contributed by atoms with van der Waals surface area (Å²) in [6.45, 7) is 2.88. The number of carbonyl (C=O) groups excluding carboxylic acids is 1. The third kappa shape index (κ3) is 4.82. The number of nitrogens with zero attached hydrogens (tertiary/aromatic N) is 1. The average molecular weight is 236 g/mol. The minimum atomic E-state index is -0.354. The second kappa shape index (κ2) is 7.04. The van der Waals surface area contributed by atoms with Crippen molar-refractivity contribution >= 4 is 17.0 Å². The third-order valence-corrected chi connectivity index (χ3v) is 2.78. The Kier molecular flexibility index (Phi) is 5.98. The van der Waals surface area contributed by atoms with Crippen molar-refractivity contribution in [2.75, 3.05) is 33.4 Å². The molecule has 0 aliphatic carbocycles. The van der Waals surface area contributed by atoms with Crippen molar-refractivity contribution in [3.8, 4) is 0 Å². The summed E-state index contributed by atoms with van der Waals surface area (Å²) >= 11 is 5.38. The number of rotatable bonds is 5. The van der Waals surface area contributed by atoms with Crippen LogP contribution >= 0.6 is 11.6 Å². The quantitative estimate of drug-likeness (QED) is 0.415. The summed E-state index contributed by atoms with van der Waals surface area (Å²) in [7, 11) is 1.69. The molecule has 88 valence electrons. The maximum atomic E-state index is 10.8. The van der Waals surface area contributed by atoms with Gasteiger partial charge in [-0.15, -0.1) is 0 Å². The van der Waals surface area contributed by atoms with Gasteiger partial charge in [0.2, 0.25) is 0 Å². The van der Waals surface area contributed by atoms with Crippen molar-refractivity contribution in [2.45, 2.75) is 25.4 Å². The zero-order valence-electron chi connectivity index (χ0n) is 9.08. The van der Waals surface area contributed by atoms with Crippen molar-refractivity contribution in [1.82, 2.24) is 4.90 Å². The Balaban J connectivity index is 2.07. The molecule has 0 saturated carbocycles. The van der Waals surface area contributed by atoms with Gasteiger partial charge in [0.1, 0.15) is 0 Å². The zero-order valence-corrected chi connectivity index (χ0v) is 9.83. The molecule has 0 aromatic rings. The molecule has 0 radical (unpaired) electrons. The van der Waals surface area contributed by atoms with Crippen LogP contribution in [-0.2, 0) is 9.47 Å². The SMILES string of the molecule is COCCCOC1CCN(C(=O)Cl)CC1. The van der Waals surface area contributed by atoms with Crippen LogP contribution in [0.4, 0.5) is 4.79 Å². The van der Waals surface area contributed by atoms with E-state index in [2.05, 4.69) is 0 Å². The maximum absolute atomic E-state index is 10.8. The van der Waals surface area contributed by atoms with Crippen LogP contribution in [-0.4, -0.2) is 49.8 Å². The number of carbonyl (C=O) groups is 1. The van der Waals surface area contributed by atoms with Gasteiger partial charge in [-0.05, 0) is 30.9 Å². The Morgan fingerprint density at radius 3 is 2.60 bits per heavy atom. The van der Waals surface area contributed by atoms with Crippen molar-refractivity contribution in [3.63, 3.8) is 0 Å². The molecule has 0 N–H and O–H groups in total. The van der Waals surface area contributed by atoms with E-state index in [1.807, 2.05) is 0 Å². The van der Waals surface area contributed by atoms with E-state index >= 15 is 0 Å². The maximum Gasteiger partial charge on any atom is 0.316 e. The summed E-state index contributed by atoms with van der Waals surface area (Å²) in [5, 5.41) is -0.354. The fraction of sp³-hybridized carbons (Fsp3) is 0.900. The Morgan fingerprint density at radius 1 is 1.40 bits per heavy atom. The number of hydrogen-bond acceptors (Lipinski definition) is 3. The molecule has 1 amide bonds. The molecule has 1 fully saturated rings. The summed E-state index contributed by atoms with van der Waals surface area (Å²) in [6, 6.07) is 0. The monoisotopic (exact) mass is 235 g/mol. The molecule has 0 aromatic carbocycles. The molecule has 1 saturated heterocycles. The largest absolute Gasteiger partial charge is 0.385 e. The van der Waals surface area contributed by atoms with Crippen LogP contribution in [0.3, 0.4) is 0 Å². The van der Waals surface area contributed by atoms with Gasteiger partial charge in [0, 0.05) is 33.4 Å². The smallest absolute Gasteiger partial charge is 0.316 e. The first-order valence-electron chi connectivity index (χ1n) is 5.29. The van der Waals surface area contributed by atoms with Gasteiger partial charge in [0.05, 0.1) is 6.10 Å². The van der Waals surface area contributed by atoms with Crippen molar-refractivity contribution in [2.24, 2.45) is 0 Å². The topological polar surface area (TPSA) is 38.8 Å². The highest BCUT2D eigenvalue weighted by atomic mass is 35.5. The van der Waals surface area contributed by atoms with Crippen LogP contribution in [0.25, 0.3) is 0 Å². The van der Waals surface area contributed by atoms with Gasteiger partial charge in [0.15, 0.2) is 0 Å². The van der Waals surface area contributed by atoms with E-state index in [1.165, 1.54) is 0 Å². The van der Waals surface area contributed by atoms with Crippen molar-refractivity contribution in [3.05, 3.63) is 0 Å². The van der Waals surface area contributed by atoms with E-state index in [1.54, 1.807) is 12.0 Å². The van der Waals surface area contributed by atoms with Crippen LogP contribution in [0.5, 0.6) is 0 Å². The lowest BCUT2D eigenvalue weighted by molar-refractivity contribution is 0.00823. The molecule has 1 aliphatic rings. The van der Waals surface area contributed by atoms with Gasteiger partial charge in [-0.3, -0.25) is 4.79 Å². The van der Waals surface area contributed by atoms with Gasteiger partial charge in [-0.2, -0.15) is 0 Å². The van der Waals surface area contributed by atoms with Gasteiger partial charge in [0.25, 0.3) is 0 Å². The van der Waals surface area contributed by atoms with Crippen LogP contribution in [0, 0.1) is 0 Å². The molecule has 4 nitrogen and oxygen atoms in total. The molecule has 0 aromatic heterocycles. The second-order valence-electron chi connectivity index (χ2n) is 3.66. The number of methoxy groups -OCH3 is 1. The Bertz CT molecular complexity index is 193. The van der Waals surface area contributed by atoms with Gasteiger partial charge in [-0.1, -0.05) is 0 Å². The second-order valence-corrected chi connectivity index (χ2v) is 3.98. The highest BCUT2D eigenvalue weighted by Crippen LogP contribution is 2.15. The van der Waals surface area contributed by atoms with Crippen LogP contribution in [0.2, 0.25) is 0 Å². The van der Waals surface area contributed by atoms with Gasteiger partial charge < -0.3 is 14.4 Å². The molecule has 1 heterocycles. The molecule has 0 atom stereocenters. The van der Waals surface area contributed by atoms with E-state index < -0.39 is 0 Å². The average Bonchev–Trinajstić information content (AvgIpc) is 2.25. The zero-order chi connectivity index (χ0) is 11.1. The number of likely N-dealkylation sites (tertiary alicyclic amines) is 1. The fourth-order valence-electron chi connectivity index (χ4n) is 1.65.